The Morgan fingerprint density at radius 3 is 2.84 bits per heavy atom. The molecule has 0 fully saturated rings. The van der Waals surface area contributed by atoms with Crippen molar-refractivity contribution < 1.29 is 14.0 Å². The van der Waals surface area contributed by atoms with Crippen LogP contribution in [-0.2, 0) is 4.79 Å². The van der Waals surface area contributed by atoms with E-state index < -0.39 is 5.91 Å². The van der Waals surface area contributed by atoms with Crippen LogP contribution < -0.4 is 10.6 Å². The van der Waals surface area contributed by atoms with Crippen LogP contribution in [0.4, 0.5) is 11.9 Å². The summed E-state index contributed by atoms with van der Waals surface area (Å²) < 4.78 is 6.60. The Morgan fingerprint density at radius 1 is 1.32 bits per heavy atom. The van der Waals surface area contributed by atoms with Gasteiger partial charge in [-0.15, -0.1) is 5.10 Å². The maximum absolute atomic E-state index is 12.0. The summed E-state index contributed by atoms with van der Waals surface area (Å²) in [5.74, 6) is -0.152. The summed E-state index contributed by atoms with van der Waals surface area (Å²) in [6.07, 6.45) is 1.61. The van der Waals surface area contributed by atoms with Crippen LogP contribution in [-0.4, -0.2) is 26.6 Å². The molecule has 1 atom stereocenters. The molecule has 0 radical (unpaired) electrons. The predicted molar refractivity (Wildman–Crippen MR) is 89.5 cm³/mol. The van der Waals surface area contributed by atoms with Crippen molar-refractivity contribution >= 4 is 35.3 Å². The van der Waals surface area contributed by atoms with Gasteiger partial charge in [0.15, 0.2) is 5.76 Å². The SMILES string of the molecule is O=C1C[C@H](c2ccc(Cl)cc2)n2nc(NC(=O)c3ccco3)nc2N1. The molecule has 3 aromatic rings. The minimum Gasteiger partial charge on any atom is -0.459 e. The standard InChI is InChI=1S/C16H12ClN5O3/c17-10-5-3-9(4-6-10)11-8-13(23)18-16-20-15(21-22(11)16)19-14(24)12-2-1-7-25-12/h1-7,11H,8H2,(H2,18,19,20,21,23,24)/t11-/m1/s1. The fraction of sp³-hybridized carbons (Fsp3) is 0.125. The zero-order valence-corrected chi connectivity index (χ0v) is 13.5. The van der Waals surface area contributed by atoms with E-state index in [2.05, 4.69) is 20.7 Å². The highest BCUT2D eigenvalue weighted by atomic mass is 35.5. The number of rotatable bonds is 3. The summed E-state index contributed by atoms with van der Waals surface area (Å²) in [7, 11) is 0. The number of fused-ring (bicyclic) bond motifs is 1. The number of carbonyl (C=O) groups is 2. The van der Waals surface area contributed by atoms with E-state index in [0.717, 1.165) is 5.56 Å². The van der Waals surface area contributed by atoms with Crippen molar-refractivity contribution in [2.24, 2.45) is 0 Å². The molecule has 1 aliphatic rings. The molecule has 2 amide bonds. The first-order valence-electron chi connectivity index (χ1n) is 7.47. The zero-order valence-electron chi connectivity index (χ0n) is 12.8. The number of nitrogens with zero attached hydrogens (tertiary/aromatic N) is 3. The van der Waals surface area contributed by atoms with Gasteiger partial charge >= 0.3 is 0 Å². The third-order valence-corrected chi connectivity index (χ3v) is 4.03. The number of nitrogens with one attached hydrogen (secondary N) is 2. The Bertz CT molecular complexity index is 933. The average Bonchev–Trinajstić information content (AvgIpc) is 3.24. The molecule has 2 N–H and O–H groups in total. The molecule has 0 saturated heterocycles. The lowest BCUT2D eigenvalue weighted by Crippen LogP contribution is -2.29. The van der Waals surface area contributed by atoms with Crippen LogP contribution in [0.3, 0.4) is 0 Å². The smallest absolute Gasteiger partial charge is 0.293 e. The summed E-state index contributed by atoms with van der Waals surface area (Å²) in [6, 6.07) is 9.97. The van der Waals surface area contributed by atoms with Crippen LogP contribution in [0.25, 0.3) is 0 Å². The van der Waals surface area contributed by atoms with Gasteiger partial charge in [0.2, 0.25) is 11.9 Å². The highest BCUT2D eigenvalue weighted by Gasteiger charge is 2.29. The second kappa shape index (κ2) is 6.06. The fourth-order valence-corrected chi connectivity index (χ4v) is 2.76. The van der Waals surface area contributed by atoms with E-state index in [4.69, 9.17) is 16.0 Å². The lowest BCUT2D eigenvalue weighted by molar-refractivity contribution is -0.117. The minimum atomic E-state index is -0.470. The van der Waals surface area contributed by atoms with Crippen molar-refractivity contribution in [2.45, 2.75) is 12.5 Å². The van der Waals surface area contributed by atoms with E-state index in [1.165, 1.54) is 12.3 Å². The van der Waals surface area contributed by atoms with E-state index in [0.29, 0.717) is 5.02 Å². The van der Waals surface area contributed by atoms with E-state index in [-0.39, 0.29) is 36.0 Å². The van der Waals surface area contributed by atoms with E-state index in [1.807, 2.05) is 12.1 Å². The van der Waals surface area contributed by atoms with Gasteiger partial charge < -0.3 is 4.42 Å². The molecule has 25 heavy (non-hydrogen) atoms. The fourth-order valence-electron chi connectivity index (χ4n) is 2.63. The number of aromatic nitrogens is 3. The molecule has 1 aliphatic heterocycles. The maximum Gasteiger partial charge on any atom is 0.293 e. The summed E-state index contributed by atoms with van der Waals surface area (Å²) in [5, 5.41) is 10.1. The van der Waals surface area contributed by atoms with Gasteiger partial charge in [-0.1, -0.05) is 23.7 Å². The summed E-state index contributed by atoms with van der Waals surface area (Å²) >= 11 is 5.92. The van der Waals surface area contributed by atoms with Gasteiger partial charge in [0.1, 0.15) is 0 Å². The number of anilines is 2. The number of carbonyl (C=O) groups excluding carboxylic acids is 2. The first-order chi connectivity index (χ1) is 12.1. The molecule has 0 aliphatic carbocycles. The van der Waals surface area contributed by atoms with Crippen LogP contribution in [0.2, 0.25) is 5.02 Å². The van der Waals surface area contributed by atoms with Crippen molar-refractivity contribution in [1.82, 2.24) is 14.8 Å². The molecule has 4 rings (SSSR count). The van der Waals surface area contributed by atoms with Crippen molar-refractivity contribution in [1.29, 1.82) is 0 Å². The number of amides is 2. The van der Waals surface area contributed by atoms with Gasteiger partial charge in [-0.2, -0.15) is 4.98 Å². The average molecular weight is 358 g/mol. The van der Waals surface area contributed by atoms with Crippen LogP contribution in [0.1, 0.15) is 28.6 Å². The van der Waals surface area contributed by atoms with Crippen molar-refractivity contribution in [3.8, 4) is 0 Å². The molecule has 1 aromatic carbocycles. The second-order valence-electron chi connectivity index (χ2n) is 5.45. The molecule has 0 spiro atoms. The van der Waals surface area contributed by atoms with Crippen LogP contribution in [0, 0.1) is 0 Å². The quantitative estimate of drug-likeness (QED) is 0.750. The molecule has 0 unspecified atom stereocenters. The molecule has 126 valence electrons. The molecule has 3 heterocycles. The van der Waals surface area contributed by atoms with Gasteiger partial charge in [-0.3, -0.25) is 20.2 Å². The van der Waals surface area contributed by atoms with Gasteiger partial charge in [0.05, 0.1) is 18.7 Å². The lowest BCUT2D eigenvalue weighted by Gasteiger charge is -2.23. The number of benzene rings is 1. The van der Waals surface area contributed by atoms with Crippen molar-refractivity contribution in [3.05, 3.63) is 59.0 Å². The Balaban J connectivity index is 1.64. The first-order valence-corrected chi connectivity index (χ1v) is 7.84. The molecule has 0 bridgehead atoms. The zero-order chi connectivity index (χ0) is 17.4. The highest BCUT2D eigenvalue weighted by Crippen LogP contribution is 2.30. The summed E-state index contributed by atoms with van der Waals surface area (Å²) in [5.41, 5.74) is 0.870. The van der Waals surface area contributed by atoms with Crippen molar-refractivity contribution in [3.63, 3.8) is 0 Å². The van der Waals surface area contributed by atoms with Crippen LogP contribution in [0.15, 0.2) is 47.1 Å². The highest BCUT2D eigenvalue weighted by molar-refractivity contribution is 6.30. The van der Waals surface area contributed by atoms with Gasteiger partial charge in [0, 0.05) is 5.02 Å². The van der Waals surface area contributed by atoms with E-state index in [9.17, 15) is 9.59 Å². The third kappa shape index (κ3) is 2.99. The molecule has 2 aromatic heterocycles. The van der Waals surface area contributed by atoms with Crippen molar-refractivity contribution in [2.75, 3.05) is 10.6 Å². The largest absolute Gasteiger partial charge is 0.459 e. The Kier molecular flexibility index (Phi) is 3.73. The van der Waals surface area contributed by atoms with Gasteiger partial charge in [0.25, 0.3) is 11.9 Å². The molecular weight excluding hydrogens is 346 g/mol. The Labute approximate surface area is 146 Å². The van der Waals surface area contributed by atoms with E-state index >= 15 is 0 Å². The maximum atomic E-state index is 12.0. The molecule has 8 nitrogen and oxygen atoms in total. The normalized spacial score (nSPS) is 16.2. The second-order valence-corrected chi connectivity index (χ2v) is 5.89. The van der Waals surface area contributed by atoms with Gasteiger partial charge in [-0.05, 0) is 29.8 Å². The predicted octanol–water partition coefficient (Wildman–Crippen LogP) is 2.71. The number of hydrogen-bond acceptors (Lipinski definition) is 5. The minimum absolute atomic E-state index is 0.0811. The number of furan rings is 1. The van der Waals surface area contributed by atoms with Crippen LogP contribution in [0.5, 0.6) is 0 Å². The van der Waals surface area contributed by atoms with E-state index in [1.54, 1.807) is 22.9 Å². The Morgan fingerprint density at radius 2 is 2.12 bits per heavy atom. The Hall–Kier alpha value is -3.13. The molecule has 0 saturated carbocycles. The summed E-state index contributed by atoms with van der Waals surface area (Å²) in [4.78, 5) is 28.2. The third-order valence-electron chi connectivity index (χ3n) is 3.78. The van der Waals surface area contributed by atoms with Gasteiger partial charge in [-0.25, -0.2) is 4.68 Å². The molecule has 9 heteroatoms. The first kappa shape index (κ1) is 15.4. The monoisotopic (exact) mass is 357 g/mol. The number of halogens is 1. The van der Waals surface area contributed by atoms with Crippen LogP contribution >= 0.6 is 11.6 Å². The summed E-state index contributed by atoms with van der Waals surface area (Å²) in [6.45, 7) is 0. The lowest BCUT2D eigenvalue weighted by atomic mass is 10.0. The molecular formula is C16H12ClN5O3. The topological polar surface area (TPSA) is 102 Å². The number of hydrogen-bond donors (Lipinski definition) is 2.